The molecule has 1 atom stereocenters. The van der Waals surface area contributed by atoms with Gasteiger partial charge in [-0.1, -0.05) is 38.8 Å². The molecule has 96 valence electrons. The Morgan fingerprint density at radius 1 is 1.17 bits per heavy atom. The Balaban J connectivity index is 2.36. The van der Waals surface area contributed by atoms with E-state index in [-0.39, 0.29) is 0 Å². The second kappa shape index (κ2) is 6.45. The van der Waals surface area contributed by atoms with Crippen molar-refractivity contribution in [2.45, 2.75) is 39.2 Å². The first-order valence-corrected chi connectivity index (χ1v) is 6.79. The van der Waals surface area contributed by atoms with Crippen molar-refractivity contribution in [2.24, 2.45) is 0 Å². The highest BCUT2D eigenvalue weighted by Gasteiger charge is 2.13. The monoisotopic (exact) mass is 243 g/mol. The summed E-state index contributed by atoms with van der Waals surface area (Å²) >= 11 is 0. The molecule has 0 aliphatic rings. The van der Waals surface area contributed by atoms with E-state index in [0.29, 0.717) is 6.04 Å². The van der Waals surface area contributed by atoms with E-state index in [9.17, 15) is 0 Å². The molecule has 0 spiro atoms. The van der Waals surface area contributed by atoms with Gasteiger partial charge in [-0.15, -0.1) is 0 Å². The van der Waals surface area contributed by atoms with Crippen LogP contribution in [0.3, 0.4) is 0 Å². The Hall–Kier alpha value is -1.48. The third-order valence-corrected chi connectivity index (χ3v) is 3.20. The molecule has 2 aromatic rings. The van der Waals surface area contributed by atoms with Crippen LogP contribution in [-0.2, 0) is 0 Å². The fraction of sp³-hybridized carbons (Fsp3) is 0.467. The quantitative estimate of drug-likeness (QED) is 0.844. The molecule has 0 bridgehead atoms. The third-order valence-electron chi connectivity index (χ3n) is 3.20. The van der Waals surface area contributed by atoms with Crippen LogP contribution in [0.4, 0.5) is 0 Å². The fourth-order valence-electron chi connectivity index (χ4n) is 2.32. The number of hydrogen-bond acceptors (Lipinski definition) is 3. The largest absolute Gasteiger partial charge is 0.310 e. The SMILES string of the molecule is CCCCC(NCC)c1cccc2nccnc12. The lowest BCUT2D eigenvalue weighted by Gasteiger charge is -2.19. The van der Waals surface area contributed by atoms with Gasteiger partial charge in [0.15, 0.2) is 0 Å². The first-order valence-electron chi connectivity index (χ1n) is 6.79. The molecule has 0 saturated heterocycles. The standard InChI is InChI=1S/C15H21N3/c1-3-5-8-13(16-4-2)12-7-6-9-14-15(12)18-11-10-17-14/h6-7,9-11,13,16H,3-5,8H2,1-2H3. The van der Waals surface area contributed by atoms with Gasteiger partial charge in [-0.3, -0.25) is 9.97 Å². The van der Waals surface area contributed by atoms with Crippen LogP contribution in [0.15, 0.2) is 30.6 Å². The number of unbranched alkanes of at least 4 members (excludes halogenated alkanes) is 1. The molecule has 1 aromatic heterocycles. The van der Waals surface area contributed by atoms with Crippen LogP contribution in [0.2, 0.25) is 0 Å². The van der Waals surface area contributed by atoms with E-state index in [2.05, 4.69) is 41.3 Å². The average Bonchev–Trinajstić information content (AvgIpc) is 2.43. The van der Waals surface area contributed by atoms with Crippen LogP contribution in [-0.4, -0.2) is 16.5 Å². The number of para-hydroxylation sites is 1. The van der Waals surface area contributed by atoms with Crippen molar-refractivity contribution >= 4 is 11.0 Å². The van der Waals surface area contributed by atoms with Crippen LogP contribution < -0.4 is 5.32 Å². The van der Waals surface area contributed by atoms with Crippen molar-refractivity contribution in [2.75, 3.05) is 6.54 Å². The first-order chi connectivity index (χ1) is 8.86. The lowest BCUT2D eigenvalue weighted by atomic mass is 9.99. The van der Waals surface area contributed by atoms with Gasteiger partial charge in [-0.25, -0.2) is 0 Å². The van der Waals surface area contributed by atoms with Crippen LogP contribution in [0, 0.1) is 0 Å². The topological polar surface area (TPSA) is 37.8 Å². The summed E-state index contributed by atoms with van der Waals surface area (Å²) in [6, 6.07) is 6.65. The molecular formula is C15H21N3. The molecule has 1 unspecified atom stereocenters. The van der Waals surface area contributed by atoms with Gasteiger partial charge in [0.1, 0.15) is 0 Å². The molecule has 0 aliphatic carbocycles. The molecule has 0 fully saturated rings. The maximum atomic E-state index is 4.49. The van der Waals surface area contributed by atoms with Crippen LogP contribution in [0.5, 0.6) is 0 Å². The summed E-state index contributed by atoms with van der Waals surface area (Å²) in [5.74, 6) is 0. The van der Waals surface area contributed by atoms with E-state index in [0.717, 1.165) is 24.0 Å². The van der Waals surface area contributed by atoms with Crippen molar-refractivity contribution in [1.82, 2.24) is 15.3 Å². The van der Waals surface area contributed by atoms with Crippen molar-refractivity contribution in [1.29, 1.82) is 0 Å². The van der Waals surface area contributed by atoms with Crippen molar-refractivity contribution in [3.05, 3.63) is 36.2 Å². The van der Waals surface area contributed by atoms with E-state index in [1.54, 1.807) is 12.4 Å². The summed E-state index contributed by atoms with van der Waals surface area (Å²) in [5, 5.41) is 3.56. The number of fused-ring (bicyclic) bond motifs is 1. The zero-order valence-electron chi connectivity index (χ0n) is 11.2. The van der Waals surface area contributed by atoms with E-state index in [1.807, 2.05) is 6.07 Å². The summed E-state index contributed by atoms with van der Waals surface area (Å²) in [7, 11) is 0. The molecule has 1 heterocycles. The van der Waals surface area contributed by atoms with Crippen molar-refractivity contribution in [3.8, 4) is 0 Å². The van der Waals surface area contributed by atoms with Gasteiger partial charge < -0.3 is 5.32 Å². The highest BCUT2D eigenvalue weighted by molar-refractivity contribution is 5.78. The summed E-state index contributed by atoms with van der Waals surface area (Å²) < 4.78 is 0. The second-order valence-electron chi connectivity index (χ2n) is 4.52. The predicted octanol–water partition coefficient (Wildman–Crippen LogP) is 3.47. The number of rotatable bonds is 6. The van der Waals surface area contributed by atoms with Gasteiger partial charge >= 0.3 is 0 Å². The molecule has 0 aliphatic heterocycles. The van der Waals surface area contributed by atoms with Gasteiger partial charge in [0.25, 0.3) is 0 Å². The predicted molar refractivity (Wildman–Crippen MR) is 75.5 cm³/mol. The van der Waals surface area contributed by atoms with Crippen molar-refractivity contribution < 1.29 is 0 Å². The first kappa shape index (κ1) is 13.0. The lowest BCUT2D eigenvalue weighted by molar-refractivity contribution is 0.497. The van der Waals surface area contributed by atoms with Crippen molar-refractivity contribution in [3.63, 3.8) is 0 Å². The second-order valence-corrected chi connectivity index (χ2v) is 4.52. The minimum Gasteiger partial charge on any atom is -0.310 e. The highest BCUT2D eigenvalue weighted by atomic mass is 14.9. The van der Waals surface area contributed by atoms with Gasteiger partial charge in [0, 0.05) is 18.4 Å². The zero-order chi connectivity index (χ0) is 12.8. The molecule has 3 nitrogen and oxygen atoms in total. The smallest absolute Gasteiger partial charge is 0.0934 e. The molecule has 0 saturated carbocycles. The molecule has 0 radical (unpaired) electrons. The number of aromatic nitrogens is 2. The lowest BCUT2D eigenvalue weighted by Crippen LogP contribution is -2.21. The molecule has 1 aromatic carbocycles. The molecule has 3 heteroatoms. The Morgan fingerprint density at radius 2 is 2.00 bits per heavy atom. The Labute approximate surface area is 109 Å². The summed E-state index contributed by atoms with van der Waals surface area (Å²) in [6.45, 7) is 5.35. The molecule has 18 heavy (non-hydrogen) atoms. The summed E-state index contributed by atoms with van der Waals surface area (Å²) in [6.07, 6.45) is 7.13. The Kier molecular flexibility index (Phi) is 4.65. The van der Waals surface area contributed by atoms with Gasteiger partial charge in [-0.2, -0.15) is 0 Å². The number of hydrogen-bond donors (Lipinski definition) is 1. The number of nitrogens with zero attached hydrogens (tertiary/aromatic N) is 2. The zero-order valence-corrected chi connectivity index (χ0v) is 11.2. The highest BCUT2D eigenvalue weighted by Crippen LogP contribution is 2.25. The minimum absolute atomic E-state index is 0.385. The van der Waals surface area contributed by atoms with Crippen LogP contribution >= 0.6 is 0 Å². The van der Waals surface area contributed by atoms with E-state index >= 15 is 0 Å². The molecule has 1 N–H and O–H groups in total. The number of benzene rings is 1. The van der Waals surface area contributed by atoms with E-state index in [1.165, 1.54) is 18.4 Å². The van der Waals surface area contributed by atoms with Gasteiger partial charge in [-0.05, 0) is 24.6 Å². The summed E-state index contributed by atoms with van der Waals surface area (Å²) in [5.41, 5.74) is 3.28. The van der Waals surface area contributed by atoms with Gasteiger partial charge in [0.2, 0.25) is 0 Å². The van der Waals surface area contributed by atoms with E-state index < -0.39 is 0 Å². The number of nitrogens with one attached hydrogen (secondary N) is 1. The van der Waals surface area contributed by atoms with Crippen LogP contribution in [0.1, 0.15) is 44.7 Å². The molecule has 2 rings (SSSR count). The van der Waals surface area contributed by atoms with E-state index in [4.69, 9.17) is 0 Å². The van der Waals surface area contributed by atoms with Gasteiger partial charge in [0.05, 0.1) is 11.0 Å². The summed E-state index contributed by atoms with van der Waals surface area (Å²) in [4.78, 5) is 8.86. The average molecular weight is 243 g/mol. The maximum absolute atomic E-state index is 4.49. The third kappa shape index (κ3) is 2.85. The normalized spacial score (nSPS) is 12.8. The molecule has 0 amide bonds. The van der Waals surface area contributed by atoms with Crippen LogP contribution in [0.25, 0.3) is 11.0 Å². The maximum Gasteiger partial charge on any atom is 0.0934 e. The Morgan fingerprint density at radius 3 is 2.78 bits per heavy atom. The minimum atomic E-state index is 0.385. The fourth-order valence-corrected chi connectivity index (χ4v) is 2.32. The molecular weight excluding hydrogens is 222 g/mol. The Bertz CT molecular complexity index is 491.